The van der Waals surface area contributed by atoms with Crippen LogP contribution >= 0.6 is 0 Å². The predicted molar refractivity (Wildman–Crippen MR) is 74.3 cm³/mol. The SMILES string of the molecule is O=S(=O)(F)Oc1cccc(NS(=O)(=O)c2ccccc2)c1. The summed E-state index contributed by atoms with van der Waals surface area (Å²) in [6, 6.07) is 12.5. The van der Waals surface area contributed by atoms with Crippen LogP contribution in [0.2, 0.25) is 0 Å². The van der Waals surface area contributed by atoms with Gasteiger partial charge in [-0.15, -0.1) is 0 Å². The summed E-state index contributed by atoms with van der Waals surface area (Å²) in [7, 11) is -8.99. The monoisotopic (exact) mass is 331 g/mol. The fourth-order valence-electron chi connectivity index (χ4n) is 1.54. The molecule has 112 valence electrons. The second-order valence-corrected chi connectivity index (χ2v) is 6.56. The molecule has 6 nitrogen and oxygen atoms in total. The highest BCUT2D eigenvalue weighted by molar-refractivity contribution is 7.92. The van der Waals surface area contributed by atoms with Gasteiger partial charge in [0.05, 0.1) is 10.6 Å². The van der Waals surface area contributed by atoms with Crippen LogP contribution in [0.25, 0.3) is 0 Å². The lowest BCUT2D eigenvalue weighted by Gasteiger charge is -2.09. The Morgan fingerprint density at radius 3 is 2.19 bits per heavy atom. The van der Waals surface area contributed by atoms with Crippen molar-refractivity contribution in [3.8, 4) is 5.75 Å². The van der Waals surface area contributed by atoms with Crippen molar-refractivity contribution in [2.24, 2.45) is 0 Å². The fourth-order valence-corrected chi connectivity index (χ4v) is 2.94. The molecule has 2 aromatic carbocycles. The molecule has 0 aliphatic carbocycles. The topological polar surface area (TPSA) is 89.5 Å². The summed E-state index contributed by atoms with van der Waals surface area (Å²) in [6.07, 6.45) is 0. The summed E-state index contributed by atoms with van der Waals surface area (Å²) >= 11 is 0. The van der Waals surface area contributed by atoms with Crippen LogP contribution in [0.4, 0.5) is 9.57 Å². The van der Waals surface area contributed by atoms with Gasteiger partial charge in [0, 0.05) is 6.07 Å². The van der Waals surface area contributed by atoms with Gasteiger partial charge in [-0.1, -0.05) is 28.2 Å². The molecular weight excluding hydrogens is 321 g/mol. The van der Waals surface area contributed by atoms with Gasteiger partial charge in [0.2, 0.25) is 0 Å². The second kappa shape index (κ2) is 5.70. The first-order valence-electron chi connectivity index (χ1n) is 5.58. The minimum atomic E-state index is -5.17. The van der Waals surface area contributed by atoms with E-state index in [0.29, 0.717) is 0 Å². The third-order valence-electron chi connectivity index (χ3n) is 2.34. The minimum absolute atomic E-state index is 0.0365. The lowest BCUT2D eigenvalue weighted by molar-refractivity contribution is 0.440. The Morgan fingerprint density at radius 1 is 0.905 bits per heavy atom. The third-order valence-corrected chi connectivity index (χ3v) is 4.12. The van der Waals surface area contributed by atoms with Gasteiger partial charge in [0.25, 0.3) is 10.0 Å². The number of anilines is 1. The molecule has 0 fully saturated rings. The van der Waals surface area contributed by atoms with Crippen molar-refractivity contribution in [2.45, 2.75) is 4.90 Å². The molecule has 0 saturated carbocycles. The van der Waals surface area contributed by atoms with E-state index >= 15 is 0 Å². The largest absolute Gasteiger partial charge is 0.488 e. The van der Waals surface area contributed by atoms with Crippen molar-refractivity contribution in [3.63, 3.8) is 0 Å². The second-order valence-electron chi connectivity index (χ2n) is 3.92. The first kappa shape index (κ1) is 15.3. The maximum atomic E-state index is 12.4. The van der Waals surface area contributed by atoms with Crippen molar-refractivity contribution in [3.05, 3.63) is 54.6 Å². The molecule has 1 N–H and O–H groups in total. The number of hydrogen-bond acceptors (Lipinski definition) is 5. The maximum absolute atomic E-state index is 12.4. The molecule has 0 aliphatic rings. The van der Waals surface area contributed by atoms with E-state index in [1.54, 1.807) is 18.2 Å². The van der Waals surface area contributed by atoms with Crippen molar-refractivity contribution in [2.75, 3.05) is 4.72 Å². The predicted octanol–water partition coefficient (Wildman–Crippen LogP) is 2.08. The van der Waals surface area contributed by atoms with Crippen LogP contribution in [0, 0.1) is 0 Å². The van der Waals surface area contributed by atoms with Gasteiger partial charge in [-0.25, -0.2) is 8.42 Å². The van der Waals surface area contributed by atoms with E-state index in [2.05, 4.69) is 8.91 Å². The van der Waals surface area contributed by atoms with E-state index < -0.39 is 20.5 Å². The van der Waals surface area contributed by atoms with Crippen LogP contribution in [-0.4, -0.2) is 16.8 Å². The Morgan fingerprint density at radius 2 is 1.57 bits per heavy atom. The molecule has 0 spiro atoms. The number of benzene rings is 2. The molecule has 0 atom stereocenters. The van der Waals surface area contributed by atoms with Gasteiger partial charge in [-0.05, 0) is 24.3 Å². The zero-order chi connectivity index (χ0) is 15.5. The molecule has 0 saturated heterocycles. The van der Waals surface area contributed by atoms with Gasteiger partial charge in [0.1, 0.15) is 5.75 Å². The van der Waals surface area contributed by atoms with Gasteiger partial charge in [0.15, 0.2) is 0 Å². The highest BCUT2D eigenvalue weighted by Gasteiger charge is 2.15. The summed E-state index contributed by atoms with van der Waals surface area (Å²) in [6.45, 7) is 0. The minimum Gasteiger partial charge on any atom is -0.358 e. The van der Waals surface area contributed by atoms with Crippen molar-refractivity contribution >= 4 is 26.2 Å². The lowest BCUT2D eigenvalue weighted by Crippen LogP contribution is -2.12. The van der Waals surface area contributed by atoms with Gasteiger partial charge in [-0.2, -0.15) is 8.42 Å². The van der Waals surface area contributed by atoms with Gasteiger partial charge < -0.3 is 4.18 Å². The highest BCUT2D eigenvalue weighted by Crippen LogP contribution is 2.22. The molecule has 0 amide bonds. The van der Waals surface area contributed by atoms with Crippen molar-refractivity contribution < 1.29 is 24.9 Å². The summed E-state index contributed by atoms with van der Waals surface area (Å²) < 4.78 is 63.6. The quantitative estimate of drug-likeness (QED) is 0.847. The molecule has 0 aromatic heterocycles. The van der Waals surface area contributed by atoms with E-state index in [9.17, 15) is 20.7 Å². The van der Waals surface area contributed by atoms with Crippen LogP contribution in [0.3, 0.4) is 0 Å². The van der Waals surface area contributed by atoms with E-state index in [1.807, 2.05) is 0 Å². The summed E-state index contributed by atoms with van der Waals surface area (Å²) in [5.41, 5.74) is 0.0417. The Balaban J connectivity index is 2.26. The van der Waals surface area contributed by atoms with E-state index in [-0.39, 0.29) is 16.3 Å². The highest BCUT2D eigenvalue weighted by atomic mass is 32.3. The molecule has 21 heavy (non-hydrogen) atoms. The molecule has 0 unspecified atom stereocenters. The zero-order valence-corrected chi connectivity index (χ0v) is 12.1. The smallest absolute Gasteiger partial charge is 0.358 e. The lowest BCUT2D eigenvalue weighted by atomic mass is 10.3. The molecule has 0 bridgehead atoms. The van der Waals surface area contributed by atoms with Crippen molar-refractivity contribution in [1.82, 2.24) is 0 Å². The molecule has 0 radical (unpaired) electrons. The Labute approximate surface area is 121 Å². The Hall–Kier alpha value is -2.13. The number of halogens is 1. The van der Waals surface area contributed by atoms with Crippen LogP contribution in [0.5, 0.6) is 5.75 Å². The molecule has 0 heterocycles. The molecular formula is C12H10FNO5S2. The average molecular weight is 331 g/mol. The summed E-state index contributed by atoms with van der Waals surface area (Å²) in [5.74, 6) is -0.342. The van der Waals surface area contributed by atoms with Crippen LogP contribution < -0.4 is 8.91 Å². The third kappa shape index (κ3) is 4.43. The zero-order valence-electron chi connectivity index (χ0n) is 10.4. The van der Waals surface area contributed by atoms with Gasteiger partial charge >= 0.3 is 10.5 Å². The molecule has 2 rings (SSSR count). The van der Waals surface area contributed by atoms with Crippen LogP contribution in [0.15, 0.2) is 59.5 Å². The fraction of sp³-hybridized carbons (Fsp3) is 0. The average Bonchev–Trinajstić information content (AvgIpc) is 2.37. The summed E-state index contributed by atoms with van der Waals surface area (Å²) in [5, 5.41) is 0. The number of hydrogen-bond donors (Lipinski definition) is 1. The van der Waals surface area contributed by atoms with E-state index in [0.717, 1.165) is 6.07 Å². The number of sulfonamides is 1. The van der Waals surface area contributed by atoms with Gasteiger partial charge in [-0.3, -0.25) is 4.72 Å². The summed E-state index contributed by atoms with van der Waals surface area (Å²) in [4.78, 5) is 0.0365. The Bertz CT molecular complexity index is 835. The van der Waals surface area contributed by atoms with Crippen molar-refractivity contribution in [1.29, 1.82) is 0 Å². The Kier molecular flexibility index (Phi) is 4.14. The normalized spacial score (nSPS) is 11.9. The van der Waals surface area contributed by atoms with Crippen LogP contribution in [-0.2, 0) is 20.5 Å². The van der Waals surface area contributed by atoms with E-state index in [1.165, 1.54) is 30.3 Å². The first-order valence-corrected chi connectivity index (χ1v) is 8.37. The number of rotatable bonds is 5. The standard InChI is InChI=1S/C12H10FNO5S2/c13-21(17,18)19-11-6-4-5-10(9-11)14-20(15,16)12-7-2-1-3-8-12/h1-9,14H. The van der Waals surface area contributed by atoms with Crippen LogP contribution in [0.1, 0.15) is 0 Å². The first-order chi connectivity index (χ1) is 9.76. The maximum Gasteiger partial charge on any atom is 0.488 e. The molecule has 9 heteroatoms. The van der Waals surface area contributed by atoms with E-state index in [4.69, 9.17) is 0 Å². The molecule has 0 aliphatic heterocycles. The number of nitrogens with one attached hydrogen (secondary N) is 1. The molecule has 2 aromatic rings.